The lowest BCUT2D eigenvalue weighted by molar-refractivity contribution is -0.122. The third kappa shape index (κ3) is 3.60. The molecular weight excluding hydrogens is 416 g/mol. The van der Waals surface area contributed by atoms with Crippen molar-refractivity contribution in [1.29, 1.82) is 0 Å². The Kier molecular flexibility index (Phi) is 5.81. The number of hydrogen-bond donors (Lipinski definition) is 0. The number of carbonyl (C=O) groups is 2. The van der Waals surface area contributed by atoms with Gasteiger partial charge in [-0.05, 0) is 43.4 Å². The van der Waals surface area contributed by atoms with E-state index in [2.05, 4.69) is 40.2 Å². The van der Waals surface area contributed by atoms with Crippen LogP contribution in [0.1, 0.15) is 31.2 Å². The molecule has 2 aromatic rings. The van der Waals surface area contributed by atoms with Crippen LogP contribution in [0.15, 0.2) is 54.6 Å². The van der Waals surface area contributed by atoms with E-state index in [1.54, 1.807) is 0 Å². The summed E-state index contributed by atoms with van der Waals surface area (Å²) in [5, 5.41) is 0.271. The number of aryl methyl sites for hydroxylation is 1. The summed E-state index contributed by atoms with van der Waals surface area (Å²) in [5.41, 5.74) is 3.02. The van der Waals surface area contributed by atoms with E-state index < -0.39 is 0 Å². The van der Waals surface area contributed by atoms with Gasteiger partial charge in [0.05, 0.1) is 22.6 Å². The molecule has 2 aliphatic rings. The molecule has 2 amide bonds. The lowest BCUT2D eigenvalue weighted by Gasteiger charge is -2.30. The minimum Gasteiger partial charge on any atom is -0.310 e. The number of fused-ring (bicyclic) bond motifs is 2. The Morgan fingerprint density at radius 3 is 2.46 bits per heavy atom. The normalized spacial score (nSPS) is 21.2. The van der Waals surface area contributed by atoms with Crippen molar-refractivity contribution >= 4 is 39.1 Å². The van der Waals surface area contributed by atoms with Gasteiger partial charge in [-0.1, -0.05) is 64.8 Å². The monoisotopic (exact) mass is 440 g/mol. The van der Waals surface area contributed by atoms with Gasteiger partial charge < -0.3 is 9.80 Å². The molecule has 0 saturated heterocycles. The van der Waals surface area contributed by atoms with E-state index in [4.69, 9.17) is 0 Å². The molecule has 0 bridgehead atoms. The van der Waals surface area contributed by atoms with Crippen LogP contribution in [-0.2, 0) is 16.0 Å². The zero-order valence-electron chi connectivity index (χ0n) is 15.9. The van der Waals surface area contributed by atoms with Crippen LogP contribution >= 0.6 is 15.9 Å². The quantitative estimate of drug-likeness (QED) is 0.639. The van der Waals surface area contributed by atoms with Crippen molar-refractivity contribution in [1.82, 2.24) is 0 Å². The van der Waals surface area contributed by atoms with Crippen molar-refractivity contribution in [3.05, 3.63) is 60.2 Å². The van der Waals surface area contributed by atoms with Gasteiger partial charge >= 0.3 is 0 Å². The maximum atomic E-state index is 13.5. The summed E-state index contributed by atoms with van der Waals surface area (Å²) in [5.74, 6) is 0.100. The second-order valence-electron chi connectivity index (χ2n) is 7.57. The lowest BCUT2D eigenvalue weighted by Crippen LogP contribution is -2.45. The SMILES string of the molecule is O=C1[C@H]2CCC[C@H]2N(C(=O)CBr)c2ccccc2N1CCCc1ccccc1. The predicted octanol–water partition coefficient (Wildman–Crippen LogP) is 4.56. The maximum absolute atomic E-state index is 13.5. The van der Waals surface area contributed by atoms with E-state index in [1.165, 1.54) is 5.56 Å². The number of alkyl halides is 1. The van der Waals surface area contributed by atoms with Gasteiger partial charge in [0.25, 0.3) is 0 Å². The van der Waals surface area contributed by atoms with Crippen LogP contribution in [0.3, 0.4) is 0 Å². The molecule has 0 aromatic heterocycles. The smallest absolute Gasteiger partial charge is 0.237 e. The highest BCUT2D eigenvalue weighted by Crippen LogP contribution is 2.43. The first-order valence-corrected chi connectivity index (χ1v) is 11.1. The van der Waals surface area contributed by atoms with Crippen LogP contribution in [0.2, 0.25) is 0 Å². The van der Waals surface area contributed by atoms with E-state index in [-0.39, 0.29) is 29.1 Å². The van der Waals surface area contributed by atoms with Gasteiger partial charge in [-0.3, -0.25) is 9.59 Å². The van der Waals surface area contributed by atoms with Crippen molar-refractivity contribution in [2.24, 2.45) is 5.92 Å². The van der Waals surface area contributed by atoms with Gasteiger partial charge in [0, 0.05) is 12.6 Å². The molecule has 1 heterocycles. The van der Waals surface area contributed by atoms with Crippen molar-refractivity contribution in [3.8, 4) is 0 Å². The van der Waals surface area contributed by atoms with Crippen LogP contribution in [0, 0.1) is 5.92 Å². The number of para-hydroxylation sites is 2. The van der Waals surface area contributed by atoms with Gasteiger partial charge in [0.15, 0.2) is 0 Å². The number of halogens is 1. The number of amides is 2. The van der Waals surface area contributed by atoms with E-state index in [1.807, 2.05) is 40.1 Å². The maximum Gasteiger partial charge on any atom is 0.237 e. The molecule has 1 aliphatic heterocycles. The van der Waals surface area contributed by atoms with Crippen molar-refractivity contribution in [3.63, 3.8) is 0 Å². The first kappa shape index (κ1) is 19.2. The summed E-state index contributed by atoms with van der Waals surface area (Å²) in [7, 11) is 0. The lowest BCUT2D eigenvalue weighted by atomic mass is 10.0. The summed E-state index contributed by atoms with van der Waals surface area (Å²) >= 11 is 3.33. The first-order chi connectivity index (χ1) is 13.7. The molecule has 2 atom stereocenters. The van der Waals surface area contributed by atoms with Crippen LogP contribution in [-0.4, -0.2) is 29.7 Å². The van der Waals surface area contributed by atoms with Gasteiger partial charge in [-0.15, -0.1) is 0 Å². The number of benzene rings is 2. The number of carbonyl (C=O) groups excluding carboxylic acids is 2. The Morgan fingerprint density at radius 2 is 1.71 bits per heavy atom. The van der Waals surface area contributed by atoms with Crippen LogP contribution < -0.4 is 9.80 Å². The number of anilines is 2. The molecule has 1 saturated carbocycles. The van der Waals surface area contributed by atoms with Crippen molar-refractivity contribution in [2.75, 3.05) is 21.7 Å². The summed E-state index contributed by atoms with van der Waals surface area (Å²) in [6, 6.07) is 18.2. The largest absolute Gasteiger partial charge is 0.310 e. The molecule has 4 nitrogen and oxygen atoms in total. The molecule has 146 valence electrons. The zero-order chi connectivity index (χ0) is 19.5. The average Bonchev–Trinajstić information content (AvgIpc) is 3.18. The molecule has 1 aliphatic carbocycles. The predicted molar refractivity (Wildman–Crippen MR) is 116 cm³/mol. The van der Waals surface area contributed by atoms with Gasteiger partial charge in [-0.25, -0.2) is 0 Å². The second kappa shape index (κ2) is 8.48. The number of hydrogen-bond acceptors (Lipinski definition) is 2. The molecule has 0 radical (unpaired) electrons. The van der Waals surface area contributed by atoms with E-state index >= 15 is 0 Å². The fraction of sp³-hybridized carbons (Fsp3) is 0.391. The molecule has 0 spiro atoms. The highest BCUT2D eigenvalue weighted by molar-refractivity contribution is 9.09. The summed E-state index contributed by atoms with van der Waals surface area (Å²) in [6.07, 6.45) is 4.58. The van der Waals surface area contributed by atoms with Gasteiger partial charge in [-0.2, -0.15) is 0 Å². The zero-order valence-corrected chi connectivity index (χ0v) is 17.5. The molecule has 2 aromatic carbocycles. The number of rotatable bonds is 5. The molecule has 28 heavy (non-hydrogen) atoms. The fourth-order valence-electron chi connectivity index (χ4n) is 4.63. The Balaban J connectivity index is 1.65. The molecule has 5 heteroatoms. The van der Waals surface area contributed by atoms with E-state index in [9.17, 15) is 9.59 Å². The third-order valence-corrected chi connectivity index (χ3v) is 6.38. The van der Waals surface area contributed by atoms with Crippen LogP contribution in [0.25, 0.3) is 0 Å². The molecule has 0 N–H and O–H groups in total. The topological polar surface area (TPSA) is 40.6 Å². The van der Waals surface area contributed by atoms with Crippen LogP contribution in [0.5, 0.6) is 0 Å². The fourth-order valence-corrected chi connectivity index (χ4v) is 4.90. The third-order valence-electron chi connectivity index (χ3n) is 5.90. The Labute approximate surface area is 174 Å². The Morgan fingerprint density at radius 1 is 1.00 bits per heavy atom. The molecule has 0 unspecified atom stereocenters. The minimum atomic E-state index is -0.105. The number of nitrogens with zero attached hydrogens (tertiary/aromatic N) is 2. The van der Waals surface area contributed by atoms with E-state index in [0.29, 0.717) is 6.54 Å². The summed E-state index contributed by atoms with van der Waals surface area (Å²) < 4.78 is 0. The Hall–Kier alpha value is -2.14. The highest BCUT2D eigenvalue weighted by Gasteiger charge is 2.45. The Bertz CT molecular complexity index is 855. The van der Waals surface area contributed by atoms with Gasteiger partial charge in [0.2, 0.25) is 11.8 Å². The highest BCUT2D eigenvalue weighted by atomic mass is 79.9. The summed E-state index contributed by atoms with van der Waals surface area (Å²) in [6.45, 7) is 0.671. The van der Waals surface area contributed by atoms with Crippen molar-refractivity contribution in [2.45, 2.75) is 38.1 Å². The first-order valence-electron chi connectivity index (χ1n) is 10.0. The second-order valence-corrected chi connectivity index (χ2v) is 8.13. The average molecular weight is 441 g/mol. The van der Waals surface area contributed by atoms with Gasteiger partial charge in [0.1, 0.15) is 0 Å². The molecule has 4 rings (SSSR count). The van der Waals surface area contributed by atoms with E-state index in [0.717, 1.165) is 43.5 Å². The molecular formula is C23H25BrN2O2. The summed E-state index contributed by atoms with van der Waals surface area (Å²) in [4.78, 5) is 30.1. The minimum absolute atomic E-state index is 0.0298. The van der Waals surface area contributed by atoms with Crippen molar-refractivity contribution < 1.29 is 9.59 Å². The van der Waals surface area contributed by atoms with Crippen LogP contribution in [0.4, 0.5) is 11.4 Å². The molecule has 1 fully saturated rings. The standard InChI is InChI=1S/C23H25BrN2O2/c24-16-22(27)26-19-14-6-11-18(19)23(28)25(20-12-4-5-13-21(20)26)15-7-10-17-8-2-1-3-9-17/h1-5,8-9,12-13,18-19H,6-7,10-11,14-16H2/t18-,19+/m0/s1.